The Morgan fingerprint density at radius 3 is 2.76 bits per heavy atom. The summed E-state index contributed by atoms with van der Waals surface area (Å²) < 4.78 is 13.8. The highest BCUT2D eigenvalue weighted by Gasteiger charge is 2.11. The van der Waals surface area contributed by atoms with E-state index in [0.29, 0.717) is 19.7 Å². The second-order valence-electron chi connectivity index (χ2n) is 7.80. The molecule has 0 bridgehead atoms. The van der Waals surface area contributed by atoms with Crippen LogP contribution >= 0.6 is 0 Å². The average molecular weight is 448 g/mol. The average Bonchev–Trinajstić information content (AvgIpc) is 3.19. The van der Waals surface area contributed by atoms with Gasteiger partial charge in [0.25, 0.3) is 0 Å². The Bertz CT molecular complexity index is 1090. The van der Waals surface area contributed by atoms with Crippen molar-refractivity contribution in [2.75, 3.05) is 20.3 Å². The Kier molecular flexibility index (Phi) is 9.12. The van der Waals surface area contributed by atoms with Gasteiger partial charge in [0.1, 0.15) is 12.4 Å². The number of para-hydroxylation sites is 2. The van der Waals surface area contributed by atoms with Gasteiger partial charge in [-0.05, 0) is 55.2 Å². The molecule has 0 atom stereocenters. The fourth-order valence-corrected chi connectivity index (χ4v) is 3.81. The number of hydrogen-bond acceptors (Lipinski definition) is 4. The summed E-state index contributed by atoms with van der Waals surface area (Å²) in [5, 5.41) is 2.82. The summed E-state index contributed by atoms with van der Waals surface area (Å²) in [6.07, 6.45) is 7.81. The van der Waals surface area contributed by atoms with Crippen LogP contribution in [0.5, 0.6) is 11.5 Å². The van der Waals surface area contributed by atoms with Crippen LogP contribution in [0.25, 0.3) is 11.0 Å². The van der Waals surface area contributed by atoms with E-state index in [2.05, 4.69) is 29.1 Å². The molecule has 0 radical (unpaired) electrons. The minimum atomic E-state index is -0.122. The largest absolute Gasteiger partial charge is 0.493 e. The number of amides is 1. The van der Waals surface area contributed by atoms with E-state index >= 15 is 0 Å². The quantitative estimate of drug-likeness (QED) is 0.218. The first-order chi connectivity index (χ1) is 16.2. The van der Waals surface area contributed by atoms with Crippen molar-refractivity contribution in [1.29, 1.82) is 0 Å². The first kappa shape index (κ1) is 24.1. The molecule has 2 aromatic carbocycles. The molecule has 1 N–H and O–H groups in total. The van der Waals surface area contributed by atoms with Gasteiger partial charge in [0, 0.05) is 13.0 Å². The molecule has 0 aliphatic carbocycles. The van der Waals surface area contributed by atoms with Crippen LogP contribution in [0.3, 0.4) is 0 Å². The molecule has 0 saturated carbocycles. The van der Waals surface area contributed by atoms with Crippen molar-refractivity contribution in [3.63, 3.8) is 0 Å². The van der Waals surface area contributed by atoms with Gasteiger partial charge in [0.05, 0.1) is 24.7 Å². The molecular formula is C27H33N3O3. The highest BCUT2D eigenvalue weighted by Crippen LogP contribution is 2.28. The van der Waals surface area contributed by atoms with E-state index in [0.717, 1.165) is 66.0 Å². The predicted molar refractivity (Wildman–Crippen MR) is 133 cm³/mol. The maximum absolute atomic E-state index is 11.2. The standard InChI is InChI=1S/C27H33N3O3/c1-4-11-21-15-16-24(25(20-21)32-3)33-19-18-30-23-13-9-8-12-22(23)29-26(30)14-7-6-10-17-28-27(31)5-2/h4-5,8-9,12-13,15-16,20H,1-2,6-7,10-11,14,17-19H2,3H3,(H,28,31). The monoisotopic (exact) mass is 447 g/mol. The summed E-state index contributed by atoms with van der Waals surface area (Å²) in [6, 6.07) is 14.2. The van der Waals surface area contributed by atoms with Gasteiger partial charge in [-0.25, -0.2) is 4.98 Å². The number of carbonyl (C=O) groups is 1. The number of methoxy groups -OCH3 is 1. The number of fused-ring (bicyclic) bond motifs is 1. The predicted octanol–water partition coefficient (Wildman–Crippen LogP) is 4.87. The van der Waals surface area contributed by atoms with E-state index in [-0.39, 0.29) is 5.91 Å². The van der Waals surface area contributed by atoms with Gasteiger partial charge in [0.2, 0.25) is 5.91 Å². The molecule has 174 valence electrons. The fourth-order valence-electron chi connectivity index (χ4n) is 3.81. The zero-order valence-electron chi connectivity index (χ0n) is 19.4. The van der Waals surface area contributed by atoms with Crippen molar-refractivity contribution >= 4 is 16.9 Å². The number of nitrogens with zero attached hydrogens (tertiary/aromatic N) is 2. The van der Waals surface area contributed by atoms with Crippen LogP contribution in [-0.2, 0) is 24.2 Å². The van der Waals surface area contributed by atoms with Crippen LogP contribution < -0.4 is 14.8 Å². The molecule has 1 heterocycles. The van der Waals surface area contributed by atoms with Crippen LogP contribution in [0, 0.1) is 0 Å². The van der Waals surface area contributed by atoms with Gasteiger partial charge in [-0.2, -0.15) is 0 Å². The molecule has 0 aliphatic rings. The maximum atomic E-state index is 11.2. The first-order valence-electron chi connectivity index (χ1n) is 11.4. The van der Waals surface area contributed by atoms with Gasteiger partial charge in [-0.3, -0.25) is 4.79 Å². The fraction of sp³-hybridized carbons (Fsp3) is 0.333. The smallest absolute Gasteiger partial charge is 0.243 e. The highest BCUT2D eigenvalue weighted by molar-refractivity contribution is 5.86. The van der Waals surface area contributed by atoms with Crippen molar-refractivity contribution in [2.24, 2.45) is 0 Å². The number of ether oxygens (including phenoxy) is 2. The van der Waals surface area contributed by atoms with E-state index in [1.54, 1.807) is 7.11 Å². The van der Waals surface area contributed by atoms with Crippen molar-refractivity contribution in [3.8, 4) is 11.5 Å². The third-order valence-corrected chi connectivity index (χ3v) is 5.48. The normalized spacial score (nSPS) is 10.7. The van der Waals surface area contributed by atoms with Crippen LogP contribution in [0.15, 0.2) is 67.8 Å². The lowest BCUT2D eigenvalue weighted by Crippen LogP contribution is -2.21. The van der Waals surface area contributed by atoms with Crippen LogP contribution in [0.2, 0.25) is 0 Å². The molecule has 0 fully saturated rings. The van der Waals surface area contributed by atoms with Crippen molar-refractivity contribution in [1.82, 2.24) is 14.9 Å². The van der Waals surface area contributed by atoms with Gasteiger partial charge in [0.15, 0.2) is 11.5 Å². The molecule has 0 unspecified atom stereocenters. The number of imidazole rings is 1. The molecule has 0 aliphatic heterocycles. The number of aromatic nitrogens is 2. The van der Waals surface area contributed by atoms with E-state index < -0.39 is 0 Å². The summed E-state index contributed by atoms with van der Waals surface area (Å²) in [7, 11) is 1.66. The summed E-state index contributed by atoms with van der Waals surface area (Å²) in [6.45, 7) is 9.14. The number of unbranched alkanes of at least 4 members (excludes halogenated alkanes) is 2. The number of benzene rings is 2. The Balaban J connectivity index is 1.61. The first-order valence-corrected chi connectivity index (χ1v) is 11.4. The Labute approximate surface area is 195 Å². The van der Waals surface area contributed by atoms with E-state index in [4.69, 9.17) is 14.5 Å². The SMILES string of the molecule is C=CCc1ccc(OCCn2c(CCCCCNC(=O)C=C)nc3ccccc32)c(OC)c1. The minimum absolute atomic E-state index is 0.122. The number of hydrogen-bond donors (Lipinski definition) is 1. The maximum Gasteiger partial charge on any atom is 0.243 e. The number of rotatable bonds is 14. The molecular weight excluding hydrogens is 414 g/mol. The lowest BCUT2D eigenvalue weighted by Gasteiger charge is -2.14. The molecule has 1 aromatic heterocycles. The second kappa shape index (κ2) is 12.5. The number of carbonyl (C=O) groups excluding carboxylic acids is 1. The van der Waals surface area contributed by atoms with Crippen LogP contribution in [-0.4, -0.2) is 35.7 Å². The van der Waals surface area contributed by atoms with E-state index in [1.807, 2.05) is 42.5 Å². The third-order valence-electron chi connectivity index (χ3n) is 5.48. The van der Waals surface area contributed by atoms with E-state index in [1.165, 1.54) is 6.08 Å². The molecule has 6 nitrogen and oxygen atoms in total. The molecule has 1 amide bonds. The Morgan fingerprint density at radius 1 is 1.12 bits per heavy atom. The van der Waals surface area contributed by atoms with Crippen LogP contribution in [0.4, 0.5) is 0 Å². The highest BCUT2D eigenvalue weighted by atomic mass is 16.5. The lowest BCUT2D eigenvalue weighted by atomic mass is 10.1. The third kappa shape index (κ3) is 6.72. The van der Waals surface area contributed by atoms with E-state index in [9.17, 15) is 4.79 Å². The van der Waals surface area contributed by atoms with Crippen molar-refractivity contribution in [3.05, 3.63) is 79.2 Å². The zero-order chi connectivity index (χ0) is 23.5. The van der Waals surface area contributed by atoms with Gasteiger partial charge >= 0.3 is 0 Å². The second-order valence-corrected chi connectivity index (χ2v) is 7.80. The molecule has 6 heteroatoms. The summed E-state index contributed by atoms with van der Waals surface area (Å²) in [5.41, 5.74) is 3.25. The summed E-state index contributed by atoms with van der Waals surface area (Å²) in [5.74, 6) is 2.40. The van der Waals surface area contributed by atoms with Gasteiger partial charge in [-0.15, -0.1) is 6.58 Å². The van der Waals surface area contributed by atoms with Gasteiger partial charge in [-0.1, -0.05) is 37.3 Å². The minimum Gasteiger partial charge on any atom is -0.493 e. The molecule has 3 aromatic rings. The summed E-state index contributed by atoms with van der Waals surface area (Å²) >= 11 is 0. The van der Waals surface area contributed by atoms with Gasteiger partial charge < -0.3 is 19.4 Å². The lowest BCUT2D eigenvalue weighted by molar-refractivity contribution is -0.116. The molecule has 0 spiro atoms. The number of nitrogens with one attached hydrogen (secondary N) is 1. The molecule has 0 saturated heterocycles. The zero-order valence-corrected chi connectivity index (χ0v) is 19.4. The summed E-state index contributed by atoms with van der Waals surface area (Å²) in [4.78, 5) is 16.1. The number of allylic oxidation sites excluding steroid dienone is 1. The Morgan fingerprint density at radius 2 is 1.97 bits per heavy atom. The molecule has 33 heavy (non-hydrogen) atoms. The van der Waals surface area contributed by atoms with Crippen molar-refractivity contribution < 1.29 is 14.3 Å². The Hall–Kier alpha value is -3.54. The molecule has 3 rings (SSSR count). The van der Waals surface area contributed by atoms with Crippen molar-refractivity contribution in [2.45, 2.75) is 38.6 Å². The van der Waals surface area contributed by atoms with Crippen LogP contribution in [0.1, 0.15) is 30.7 Å². The topological polar surface area (TPSA) is 65.4 Å². The number of aryl methyl sites for hydroxylation is 1.